The van der Waals surface area contributed by atoms with Crippen LogP contribution in [0.15, 0.2) is 0 Å². The average Bonchev–Trinajstić information content (AvgIpc) is 2.79. The Balaban J connectivity index is 1.59. The van der Waals surface area contributed by atoms with Gasteiger partial charge < -0.3 is 5.11 Å². The van der Waals surface area contributed by atoms with E-state index in [9.17, 15) is 9.90 Å². The summed E-state index contributed by atoms with van der Waals surface area (Å²) in [5.41, 5.74) is -0.262. The molecular weight excluding hydrogens is 272 g/mol. The van der Waals surface area contributed by atoms with E-state index in [0.717, 1.165) is 55.8 Å². The van der Waals surface area contributed by atoms with Crippen molar-refractivity contribution < 1.29 is 9.90 Å². The minimum Gasteiger partial charge on any atom is -0.389 e. The van der Waals surface area contributed by atoms with Crippen LogP contribution in [0.5, 0.6) is 0 Å². The lowest BCUT2D eigenvalue weighted by Crippen LogP contribution is -2.53. The van der Waals surface area contributed by atoms with Crippen molar-refractivity contribution in [2.45, 2.75) is 83.7 Å². The number of hydrogen-bond donors (Lipinski definition) is 1. The van der Waals surface area contributed by atoms with Crippen LogP contribution in [0.3, 0.4) is 0 Å². The monoisotopic (exact) mass is 304 g/mol. The van der Waals surface area contributed by atoms with Crippen molar-refractivity contribution in [3.05, 3.63) is 0 Å². The molecule has 2 heteroatoms. The number of ketones is 1. The summed E-state index contributed by atoms with van der Waals surface area (Å²) in [4.78, 5) is 11.8. The fourth-order valence-corrected chi connectivity index (χ4v) is 7.35. The van der Waals surface area contributed by atoms with Crippen molar-refractivity contribution in [2.75, 3.05) is 0 Å². The highest BCUT2D eigenvalue weighted by molar-refractivity contribution is 5.79. The Hall–Kier alpha value is -0.370. The number of hydrogen-bond acceptors (Lipinski definition) is 2. The third-order valence-electron chi connectivity index (χ3n) is 8.67. The maximum absolute atomic E-state index is 11.8. The summed E-state index contributed by atoms with van der Waals surface area (Å²) < 4.78 is 0. The van der Waals surface area contributed by atoms with Gasteiger partial charge >= 0.3 is 0 Å². The van der Waals surface area contributed by atoms with Gasteiger partial charge in [-0.25, -0.2) is 0 Å². The Labute approximate surface area is 135 Å². The lowest BCUT2D eigenvalue weighted by atomic mass is 9.49. The fraction of sp³-hybridized carbons (Fsp3) is 0.950. The zero-order chi connectivity index (χ0) is 15.5. The van der Waals surface area contributed by atoms with Crippen LogP contribution in [0, 0.1) is 35.0 Å². The van der Waals surface area contributed by atoms with E-state index >= 15 is 0 Å². The van der Waals surface area contributed by atoms with Gasteiger partial charge in [-0.3, -0.25) is 4.79 Å². The molecule has 0 bridgehead atoms. The number of fused-ring (bicyclic) bond motifs is 5. The average molecular weight is 304 g/mol. The second-order valence-corrected chi connectivity index (χ2v) is 9.10. The number of Topliss-reactive ketones (excluding diaryl/α,β-unsaturated/α-hetero) is 1. The molecule has 0 aromatic heterocycles. The molecule has 7 atom stereocenters. The largest absolute Gasteiger partial charge is 0.389 e. The van der Waals surface area contributed by atoms with Gasteiger partial charge in [0.1, 0.15) is 5.78 Å². The van der Waals surface area contributed by atoms with Gasteiger partial charge in [-0.05, 0) is 86.4 Å². The van der Waals surface area contributed by atoms with Gasteiger partial charge in [0.05, 0.1) is 5.60 Å². The predicted molar refractivity (Wildman–Crippen MR) is 87.4 cm³/mol. The molecule has 0 radical (unpaired) electrons. The van der Waals surface area contributed by atoms with Gasteiger partial charge in [0.25, 0.3) is 0 Å². The molecule has 4 rings (SSSR count). The van der Waals surface area contributed by atoms with Crippen molar-refractivity contribution in [2.24, 2.45) is 35.0 Å². The summed E-state index contributed by atoms with van der Waals surface area (Å²) >= 11 is 0. The molecule has 0 saturated heterocycles. The summed E-state index contributed by atoms with van der Waals surface area (Å²) in [5.74, 6) is 4.43. The molecule has 2 nitrogen and oxygen atoms in total. The van der Waals surface area contributed by atoms with Crippen molar-refractivity contribution in [1.82, 2.24) is 0 Å². The summed E-state index contributed by atoms with van der Waals surface area (Å²) in [6, 6.07) is 0. The number of carbonyl (C=O) groups excluding carboxylic acids is 1. The Morgan fingerprint density at radius 3 is 2.64 bits per heavy atom. The molecule has 4 saturated carbocycles. The first-order valence-electron chi connectivity index (χ1n) is 9.72. The topological polar surface area (TPSA) is 37.3 Å². The summed E-state index contributed by atoms with van der Waals surface area (Å²) in [6.45, 7) is 4.56. The zero-order valence-corrected chi connectivity index (χ0v) is 14.3. The SMILES string of the molecule is CC[C@@]1(O)CC[C@@H]2[C@H]3CC[C@@H]4CC(=O)CC[C@H]4[C@@H]3CC[C@]21C. The third-order valence-corrected chi connectivity index (χ3v) is 8.67. The first-order valence-corrected chi connectivity index (χ1v) is 9.72. The van der Waals surface area contributed by atoms with Crippen molar-refractivity contribution >= 4 is 5.78 Å². The first kappa shape index (κ1) is 15.2. The fourth-order valence-electron chi connectivity index (χ4n) is 7.35. The van der Waals surface area contributed by atoms with Gasteiger partial charge in [-0.1, -0.05) is 13.8 Å². The number of carbonyl (C=O) groups is 1. The molecule has 0 aliphatic heterocycles. The predicted octanol–water partition coefficient (Wildman–Crippen LogP) is 4.35. The Morgan fingerprint density at radius 1 is 1.05 bits per heavy atom. The summed E-state index contributed by atoms with van der Waals surface area (Å²) in [7, 11) is 0. The molecule has 4 aliphatic carbocycles. The smallest absolute Gasteiger partial charge is 0.133 e. The molecule has 0 amide bonds. The molecule has 0 aromatic rings. The quantitative estimate of drug-likeness (QED) is 0.782. The van der Waals surface area contributed by atoms with Crippen LogP contribution in [0.25, 0.3) is 0 Å². The van der Waals surface area contributed by atoms with Gasteiger partial charge in [0.2, 0.25) is 0 Å². The van der Waals surface area contributed by atoms with Crippen LogP contribution in [-0.4, -0.2) is 16.5 Å². The highest BCUT2D eigenvalue weighted by Crippen LogP contribution is 2.65. The van der Waals surface area contributed by atoms with Crippen LogP contribution >= 0.6 is 0 Å². The van der Waals surface area contributed by atoms with Crippen LogP contribution in [0.4, 0.5) is 0 Å². The molecule has 124 valence electrons. The first-order chi connectivity index (χ1) is 10.5. The number of rotatable bonds is 1. The molecule has 0 spiro atoms. The normalized spacial score (nSPS) is 54.5. The highest BCUT2D eigenvalue weighted by atomic mass is 16.3. The molecule has 0 unspecified atom stereocenters. The third kappa shape index (κ3) is 1.92. The van der Waals surface area contributed by atoms with E-state index in [1.54, 1.807) is 0 Å². The van der Waals surface area contributed by atoms with Crippen molar-refractivity contribution in [1.29, 1.82) is 0 Å². The van der Waals surface area contributed by atoms with E-state index in [1.165, 1.54) is 32.1 Å². The molecular formula is C20H32O2. The van der Waals surface area contributed by atoms with Crippen molar-refractivity contribution in [3.63, 3.8) is 0 Å². The maximum Gasteiger partial charge on any atom is 0.133 e. The lowest BCUT2D eigenvalue weighted by molar-refractivity contribution is -0.138. The van der Waals surface area contributed by atoms with Crippen LogP contribution in [0.1, 0.15) is 78.1 Å². The van der Waals surface area contributed by atoms with Gasteiger partial charge in [-0.2, -0.15) is 0 Å². The Kier molecular flexibility index (Phi) is 3.49. The van der Waals surface area contributed by atoms with Gasteiger partial charge in [-0.15, -0.1) is 0 Å². The molecule has 0 aromatic carbocycles. The van der Waals surface area contributed by atoms with Crippen LogP contribution < -0.4 is 0 Å². The van der Waals surface area contributed by atoms with Gasteiger partial charge in [0, 0.05) is 12.8 Å². The van der Waals surface area contributed by atoms with E-state index in [0.29, 0.717) is 11.7 Å². The highest BCUT2D eigenvalue weighted by Gasteiger charge is 2.61. The molecule has 4 fully saturated rings. The molecule has 22 heavy (non-hydrogen) atoms. The molecule has 1 N–H and O–H groups in total. The molecule has 4 aliphatic rings. The van der Waals surface area contributed by atoms with E-state index < -0.39 is 5.60 Å². The second kappa shape index (κ2) is 5.06. The van der Waals surface area contributed by atoms with E-state index in [-0.39, 0.29) is 5.41 Å². The standard InChI is InChI=1S/C20H32O2/c1-3-20(22)11-9-18-17-6-4-13-12-14(21)5-7-15(13)16(17)8-10-19(18,20)2/h13,15-18,22H,3-12H2,1-2H3/t13-,15-,16+,17+,18-,19-,20-/m1/s1. The van der Waals surface area contributed by atoms with E-state index in [1.807, 2.05) is 0 Å². The van der Waals surface area contributed by atoms with E-state index in [2.05, 4.69) is 13.8 Å². The number of aliphatic hydroxyl groups is 1. The van der Waals surface area contributed by atoms with E-state index in [4.69, 9.17) is 0 Å². The minimum atomic E-state index is -0.415. The lowest BCUT2D eigenvalue weighted by Gasteiger charge is -2.57. The Morgan fingerprint density at radius 2 is 1.86 bits per heavy atom. The van der Waals surface area contributed by atoms with Gasteiger partial charge in [0.15, 0.2) is 0 Å². The molecule has 0 heterocycles. The summed E-state index contributed by atoms with van der Waals surface area (Å²) in [6.07, 6.45) is 11.1. The Bertz CT molecular complexity index is 472. The van der Waals surface area contributed by atoms with Crippen molar-refractivity contribution in [3.8, 4) is 0 Å². The minimum absolute atomic E-state index is 0.153. The summed E-state index contributed by atoms with van der Waals surface area (Å²) in [5, 5.41) is 11.2. The second-order valence-electron chi connectivity index (χ2n) is 9.10. The van der Waals surface area contributed by atoms with Crippen LogP contribution in [0.2, 0.25) is 0 Å². The maximum atomic E-state index is 11.8. The van der Waals surface area contributed by atoms with Crippen LogP contribution in [-0.2, 0) is 4.79 Å². The zero-order valence-electron chi connectivity index (χ0n) is 14.3.